The van der Waals surface area contributed by atoms with Gasteiger partial charge in [0, 0.05) is 9.61 Å². The fraction of sp³-hybridized carbons (Fsp3) is 0.250. The number of aromatic amines is 1. The van der Waals surface area contributed by atoms with E-state index in [0.29, 0.717) is 22.3 Å². The standard InChI is InChI=1S/C20H20IN3O2/c1-12(2)24(20(26)15-9-6-7-13(3)18(15)21)11-17-22-16-10-5-4-8-14(16)19(25)23-17/h4-10,12H,11H2,1-3H3,(H,22,23,25). The zero-order chi connectivity index (χ0) is 18.8. The average molecular weight is 461 g/mol. The third-order valence-electron chi connectivity index (χ3n) is 4.29. The maximum absolute atomic E-state index is 13.1. The Morgan fingerprint density at radius 1 is 1.19 bits per heavy atom. The molecule has 1 aromatic heterocycles. The third-order valence-corrected chi connectivity index (χ3v) is 5.72. The number of fused-ring (bicyclic) bond motifs is 1. The Hall–Kier alpha value is -2.22. The van der Waals surface area contributed by atoms with Gasteiger partial charge in [-0.25, -0.2) is 4.98 Å². The highest BCUT2D eigenvalue weighted by Crippen LogP contribution is 2.20. The van der Waals surface area contributed by atoms with Crippen molar-refractivity contribution in [2.24, 2.45) is 0 Å². The van der Waals surface area contributed by atoms with Crippen molar-refractivity contribution in [1.82, 2.24) is 14.9 Å². The molecule has 0 saturated carbocycles. The molecule has 134 valence electrons. The van der Waals surface area contributed by atoms with Crippen molar-refractivity contribution < 1.29 is 4.79 Å². The first-order valence-electron chi connectivity index (χ1n) is 8.42. The summed E-state index contributed by atoms with van der Waals surface area (Å²) in [5, 5.41) is 0.548. The molecule has 5 nitrogen and oxygen atoms in total. The number of H-pyrrole nitrogens is 1. The van der Waals surface area contributed by atoms with Crippen LogP contribution in [0.4, 0.5) is 0 Å². The predicted molar refractivity (Wildman–Crippen MR) is 111 cm³/mol. The molecule has 1 amide bonds. The van der Waals surface area contributed by atoms with Gasteiger partial charge in [0.15, 0.2) is 0 Å². The summed E-state index contributed by atoms with van der Waals surface area (Å²) < 4.78 is 0.945. The van der Waals surface area contributed by atoms with Gasteiger partial charge in [0.05, 0.1) is 23.0 Å². The van der Waals surface area contributed by atoms with Crippen LogP contribution in [0.15, 0.2) is 47.3 Å². The summed E-state index contributed by atoms with van der Waals surface area (Å²) in [6, 6.07) is 12.9. The number of halogens is 1. The molecule has 0 aliphatic carbocycles. The number of benzene rings is 2. The van der Waals surface area contributed by atoms with E-state index >= 15 is 0 Å². The minimum Gasteiger partial charge on any atom is -0.329 e. The van der Waals surface area contributed by atoms with E-state index in [-0.39, 0.29) is 24.1 Å². The van der Waals surface area contributed by atoms with Gasteiger partial charge in [-0.15, -0.1) is 0 Å². The molecule has 26 heavy (non-hydrogen) atoms. The molecular weight excluding hydrogens is 441 g/mol. The van der Waals surface area contributed by atoms with E-state index in [1.807, 2.05) is 51.1 Å². The van der Waals surface area contributed by atoms with Crippen LogP contribution in [0.25, 0.3) is 10.9 Å². The maximum atomic E-state index is 13.1. The first-order chi connectivity index (χ1) is 12.4. The summed E-state index contributed by atoms with van der Waals surface area (Å²) in [4.78, 5) is 34.5. The fourth-order valence-electron chi connectivity index (χ4n) is 2.83. The van der Waals surface area contributed by atoms with Crippen LogP contribution in [0.5, 0.6) is 0 Å². The highest BCUT2D eigenvalue weighted by atomic mass is 127. The number of hydrogen-bond donors (Lipinski definition) is 1. The topological polar surface area (TPSA) is 66.1 Å². The number of aryl methyl sites for hydroxylation is 1. The normalized spacial score (nSPS) is 11.1. The molecule has 0 aliphatic rings. The summed E-state index contributed by atoms with van der Waals surface area (Å²) in [6.45, 7) is 6.15. The summed E-state index contributed by atoms with van der Waals surface area (Å²) in [5.74, 6) is 0.419. The van der Waals surface area contributed by atoms with Gasteiger partial charge in [-0.3, -0.25) is 9.59 Å². The number of aromatic nitrogens is 2. The molecule has 3 rings (SSSR count). The van der Waals surface area contributed by atoms with Crippen LogP contribution >= 0.6 is 22.6 Å². The van der Waals surface area contributed by atoms with E-state index < -0.39 is 0 Å². The van der Waals surface area contributed by atoms with Gasteiger partial charge in [-0.2, -0.15) is 0 Å². The molecule has 0 atom stereocenters. The number of para-hydroxylation sites is 1. The summed E-state index contributed by atoms with van der Waals surface area (Å²) in [6.07, 6.45) is 0. The van der Waals surface area contributed by atoms with Crippen molar-refractivity contribution in [2.45, 2.75) is 33.4 Å². The zero-order valence-corrected chi connectivity index (χ0v) is 17.1. The molecule has 6 heteroatoms. The lowest BCUT2D eigenvalue weighted by atomic mass is 10.1. The lowest BCUT2D eigenvalue weighted by molar-refractivity contribution is 0.0684. The van der Waals surface area contributed by atoms with Crippen molar-refractivity contribution in [3.05, 3.63) is 73.3 Å². The summed E-state index contributed by atoms with van der Waals surface area (Å²) in [7, 11) is 0. The van der Waals surface area contributed by atoms with Crippen molar-refractivity contribution in [3.8, 4) is 0 Å². The number of nitrogens with one attached hydrogen (secondary N) is 1. The smallest absolute Gasteiger partial charge is 0.258 e. The highest BCUT2D eigenvalue weighted by molar-refractivity contribution is 14.1. The Labute approximate surface area is 165 Å². The minimum atomic E-state index is -0.188. The molecule has 2 aromatic carbocycles. The Kier molecular flexibility index (Phi) is 5.41. The van der Waals surface area contributed by atoms with E-state index in [9.17, 15) is 9.59 Å². The van der Waals surface area contributed by atoms with Gasteiger partial charge in [-0.05, 0) is 67.1 Å². The molecule has 0 bridgehead atoms. The second-order valence-corrected chi connectivity index (χ2v) is 7.57. The maximum Gasteiger partial charge on any atom is 0.258 e. The van der Waals surface area contributed by atoms with Crippen LogP contribution in [0.3, 0.4) is 0 Å². The SMILES string of the molecule is Cc1cccc(C(=O)N(Cc2nc3ccccc3c(=O)[nH]2)C(C)C)c1I. The van der Waals surface area contributed by atoms with Gasteiger partial charge in [0.1, 0.15) is 5.82 Å². The lowest BCUT2D eigenvalue weighted by Gasteiger charge is -2.27. The molecule has 0 radical (unpaired) electrons. The molecule has 1 heterocycles. The number of rotatable bonds is 4. The van der Waals surface area contributed by atoms with Gasteiger partial charge < -0.3 is 9.88 Å². The molecule has 0 unspecified atom stereocenters. The van der Waals surface area contributed by atoms with E-state index in [4.69, 9.17) is 0 Å². The van der Waals surface area contributed by atoms with Crippen LogP contribution < -0.4 is 5.56 Å². The van der Waals surface area contributed by atoms with Crippen LogP contribution in [0, 0.1) is 10.5 Å². The number of carbonyl (C=O) groups is 1. The van der Waals surface area contributed by atoms with E-state index in [1.54, 1.807) is 17.0 Å². The Balaban J connectivity index is 1.98. The molecule has 0 saturated heterocycles. The Morgan fingerprint density at radius 2 is 1.92 bits per heavy atom. The second-order valence-electron chi connectivity index (χ2n) is 6.49. The molecule has 0 aliphatic heterocycles. The Bertz CT molecular complexity index is 1030. The number of amides is 1. The van der Waals surface area contributed by atoms with Crippen molar-refractivity contribution >= 4 is 39.4 Å². The van der Waals surface area contributed by atoms with Crippen LogP contribution in [0.1, 0.15) is 35.6 Å². The molecule has 3 aromatic rings. The lowest BCUT2D eigenvalue weighted by Crippen LogP contribution is -2.38. The summed E-state index contributed by atoms with van der Waals surface area (Å²) >= 11 is 2.20. The quantitative estimate of drug-likeness (QED) is 0.600. The number of nitrogens with zero attached hydrogens (tertiary/aromatic N) is 2. The fourth-order valence-corrected chi connectivity index (χ4v) is 3.42. The number of hydrogen-bond acceptors (Lipinski definition) is 3. The minimum absolute atomic E-state index is 0.0319. The number of carbonyl (C=O) groups excluding carboxylic acids is 1. The Morgan fingerprint density at radius 3 is 2.65 bits per heavy atom. The first-order valence-corrected chi connectivity index (χ1v) is 9.50. The largest absolute Gasteiger partial charge is 0.329 e. The molecule has 1 N–H and O–H groups in total. The van der Waals surface area contributed by atoms with E-state index in [2.05, 4.69) is 32.6 Å². The molecule has 0 spiro atoms. The monoisotopic (exact) mass is 461 g/mol. The van der Waals surface area contributed by atoms with Gasteiger partial charge in [-0.1, -0.05) is 24.3 Å². The first kappa shape index (κ1) is 18.6. The van der Waals surface area contributed by atoms with E-state index in [0.717, 1.165) is 9.13 Å². The van der Waals surface area contributed by atoms with Gasteiger partial charge >= 0.3 is 0 Å². The average Bonchev–Trinajstić information content (AvgIpc) is 2.61. The van der Waals surface area contributed by atoms with Crippen LogP contribution in [-0.4, -0.2) is 26.8 Å². The van der Waals surface area contributed by atoms with Gasteiger partial charge in [0.2, 0.25) is 0 Å². The van der Waals surface area contributed by atoms with Crippen molar-refractivity contribution in [1.29, 1.82) is 0 Å². The highest BCUT2D eigenvalue weighted by Gasteiger charge is 2.22. The van der Waals surface area contributed by atoms with Crippen molar-refractivity contribution in [3.63, 3.8) is 0 Å². The van der Waals surface area contributed by atoms with Crippen LogP contribution in [0.2, 0.25) is 0 Å². The molecule has 0 fully saturated rings. The predicted octanol–water partition coefficient (Wildman–Crippen LogP) is 3.89. The zero-order valence-electron chi connectivity index (χ0n) is 14.9. The van der Waals surface area contributed by atoms with Crippen LogP contribution in [-0.2, 0) is 6.54 Å². The van der Waals surface area contributed by atoms with E-state index in [1.165, 1.54) is 0 Å². The van der Waals surface area contributed by atoms with Crippen molar-refractivity contribution in [2.75, 3.05) is 0 Å². The molecular formula is C20H20IN3O2. The summed E-state index contributed by atoms with van der Waals surface area (Å²) in [5.41, 5.74) is 2.18. The third kappa shape index (κ3) is 3.65. The van der Waals surface area contributed by atoms with Gasteiger partial charge in [0.25, 0.3) is 11.5 Å². The second kappa shape index (κ2) is 7.57.